The van der Waals surface area contributed by atoms with Gasteiger partial charge in [0.1, 0.15) is 5.82 Å². The molecule has 2 aromatic rings. The third-order valence-corrected chi connectivity index (χ3v) is 6.17. The van der Waals surface area contributed by atoms with E-state index in [9.17, 15) is 17.6 Å². The van der Waals surface area contributed by atoms with Crippen LogP contribution in [0.1, 0.15) is 24.2 Å². The molecule has 0 saturated carbocycles. The van der Waals surface area contributed by atoms with E-state index in [4.69, 9.17) is 0 Å². The average Bonchev–Trinajstić information content (AvgIpc) is 2.65. The second-order valence-electron chi connectivity index (χ2n) is 6.60. The number of rotatable bonds is 4. The maximum atomic E-state index is 13.8. The molecule has 1 saturated heterocycles. The molecule has 1 fully saturated rings. The van der Waals surface area contributed by atoms with E-state index in [0.717, 1.165) is 0 Å². The molecule has 2 aromatic carbocycles. The highest BCUT2D eigenvalue weighted by atomic mass is 32.2. The summed E-state index contributed by atoms with van der Waals surface area (Å²) in [5, 5.41) is 3.30. The van der Waals surface area contributed by atoms with Crippen molar-refractivity contribution in [2.75, 3.05) is 17.8 Å². The number of carbonyl (C=O) groups is 1. The summed E-state index contributed by atoms with van der Waals surface area (Å²) in [6.07, 6.45) is 0. The lowest BCUT2D eigenvalue weighted by Crippen LogP contribution is -2.57. The van der Waals surface area contributed by atoms with Crippen LogP contribution in [0.4, 0.5) is 10.1 Å². The van der Waals surface area contributed by atoms with Gasteiger partial charge in [-0.25, -0.2) is 12.8 Å². The molecular weight excluding hydrogens is 369 g/mol. The fraction of sp³-hybridized carbons (Fsp3) is 0.316. The molecule has 1 aliphatic rings. The number of piperazine rings is 1. The molecule has 2 atom stereocenters. The Kier molecular flexibility index (Phi) is 5.48. The van der Waals surface area contributed by atoms with E-state index in [1.165, 1.54) is 42.5 Å². The van der Waals surface area contributed by atoms with Gasteiger partial charge in [0, 0.05) is 30.7 Å². The van der Waals surface area contributed by atoms with Crippen LogP contribution in [0.25, 0.3) is 0 Å². The van der Waals surface area contributed by atoms with E-state index in [-0.39, 0.29) is 34.1 Å². The number of para-hydroxylation sites is 1. The summed E-state index contributed by atoms with van der Waals surface area (Å²) in [5.41, 5.74) is 0.145. The Morgan fingerprint density at radius 1 is 1.19 bits per heavy atom. The van der Waals surface area contributed by atoms with Gasteiger partial charge in [0.15, 0.2) is 0 Å². The first-order valence-electron chi connectivity index (χ1n) is 8.71. The highest BCUT2D eigenvalue weighted by Gasteiger charge is 2.29. The number of hydrogen-bond donors (Lipinski definition) is 2. The van der Waals surface area contributed by atoms with Crippen molar-refractivity contribution in [3.63, 3.8) is 0 Å². The molecule has 27 heavy (non-hydrogen) atoms. The van der Waals surface area contributed by atoms with E-state index < -0.39 is 15.8 Å². The van der Waals surface area contributed by atoms with Crippen molar-refractivity contribution in [3.8, 4) is 0 Å². The fourth-order valence-corrected chi connectivity index (χ4v) is 4.17. The number of anilines is 1. The standard InChI is InChI=1S/C19H22FN3O3S/c1-13-14(2)23(11-10-21-13)19(24)15-6-5-7-16(12-15)27(25,26)22-18-9-4-3-8-17(18)20/h3-9,12-14,21-22H,10-11H2,1-2H3. The first kappa shape index (κ1) is 19.3. The van der Waals surface area contributed by atoms with Gasteiger partial charge in [-0.1, -0.05) is 18.2 Å². The minimum Gasteiger partial charge on any atom is -0.333 e. The van der Waals surface area contributed by atoms with Gasteiger partial charge >= 0.3 is 0 Å². The molecule has 0 aliphatic carbocycles. The lowest BCUT2D eigenvalue weighted by atomic mass is 10.1. The third kappa shape index (κ3) is 4.12. The molecule has 0 radical (unpaired) electrons. The largest absolute Gasteiger partial charge is 0.333 e. The van der Waals surface area contributed by atoms with Crippen molar-refractivity contribution in [3.05, 3.63) is 59.9 Å². The SMILES string of the molecule is CC1NCCN(C(=O)c2cccc(S(=O)(=O)Nc3ccccc3F)c2)C1C. The van der Waals surface area contributed by atoms with Crippen LogP contribution in [-0.2, 0) is 10.0 Å². The zero-order valence-electron chi connectivity index (χ0n) is 15.1. The first-order valence-corrected chi connectivity index (χ1v) is 10.2. The number of sulfonamides is 1. The number of hydrogen-bond acceptors (Lipinski definition) is 4. The quantitative estimate of drug-likeness (QED) is 0.839. The normalized spacial score (nSPS) is 20.3. The number of halogens is 1. The van der Waals surface area contributed by atoms with Crippen LogP contribution in [0.3, 0.4) is 0 Å². The predicted octanol–water partition coefficient (Wildman–Crippen LogP) is 2.45. The Morgan fingerprint density at radius 3 is 2.67 bits per heavy atom. The summed E-state index contributed by atoms with van der Waals surface area (Å²) in [5.74, 6) is -0.893. The molecule has 0 aromatic heterocycles. The Labute approximate surface area is 158 Å². The number of nitrogens with one attached hydrogen (secondary N) is 2. The second-order valence-corrected chi connectivity index (χ2v) is 8.28. The summed E-state index contributed by atoms with van der Waals surface area (Å²) in [6, 6.07) is 11.5. The monoisotopic (exact) mass is 391 g/mol. The van der Waals surface area contributed by atoms with E-state index >= 15 is 0 Å². The summed E-state index contributed by atoms with van der Waals surface area (Å²) in [7, 11) is -4.02. The van der Waals surface area contributed by atoms with Gasteiger partial charge in [-0.15, -0.1) is 0 Å². The summed E-state index contributed by atoms with van der Waals surface area (Å²) < 4.78 is 41.2. The Balaban J connectivity index is 1.86. The van der Waals surface area contributed by atoms with Crippen LogP contribution in [-0.4, -0.2) is 44.4 Å². The molecule has 1 heterocycles. The van der Waals surface area contributed by atoms with E-state index in [1.807, 2.05) is 13.8 Å². The van der Waals surface area contributed by atoms with Crippen LogP contribution < -0.4 is 10.0 Å². The van der Waals surface area contributed by atoms with Crippen LogP contribution in [0.5, 0.6) is 0 Å². The van der Waals surface area contributed by atoms with Gasteiger partial charge in [0.2, 0.25) is 0 Å². The number of amides is 1. The molecule has 6 nitrogen and oxygen atoms in total. The van der Waals surface area contributed by atoms with Crippen molar-refractivity contribution < 1.29 is 17.6 Å². The van der Waals surface area contributed by atoms with Crippen LogP contribution in [0, 0.1) is 5.82 Å². The lowest BCUT2D eigenvalue weighted by Gasteiger charge is -2.38. The smallest absolute Gasteiger partial charge is 0.262 e. The van der Waals surface area contributed by atoms with Crippen LogP contribution >= 0.6 is 0 Å². The minimum atomic E-state index is -4.02. The molecular formula is C19H22FN3O3S. The van der Waals surface area contributed by atoms with Crippen molar-refractivity contribution in [1.29, 1.82) is 0 Å². The van der Waals surface area contributed by atoms with Crippen molar-refractivity contribution in [2.24, 2.45) is 0 Å². The van der Waals surface area contributed by atoms with Crippen molar-refractivity contribution in [2.45, 2.75) is 30.8 Å². The maximum absolute atomic E-state index is 13.8. The Morgan fingerprint density at radius 2 is 1.93 bits per heavy atom. The summed E-state index contributed by atoms with van der Waals surface area (Å²) in [6.45, 7) is 5.19. The third-order valence-electron chi connectivity index (χ3n) is 4.80. The van der Waals surface area contributed by atoms with Gasteiger partial charge < -0.3 is 10.2 Å². The maximum Gasteiger partial charge on any atom is 0.262 e. The Hall–Kier alpha value is -2.45. The highest BCUT2D eigenvalue weighted by Crippen LogP contribution is 2.21. The molecule has 144 valence electrons. The number of carbonyl (C=O) groups excluding carboxylic acids is 1. The van der Waals surface area contributed by atoms with E-state index in [2.05, 4.69) is 10.0 Å². The molecule has 1 aliphatic heterocycles. The number of benzene rings is 2. The average molecular weight is 391 g/mol. The van der Waals surface area contributed by atoms with Gasteiger partial charge in [0.25, 0.3) is 15.9 Å². The lowest BCUT2D eigenvalue weighted by molar-refractivity contribution is 0.0602. The fourth-order valence-electron chi connectivity index (χ4n) is 3.05. The Bertz CT molecular complexity index is 949. The topological polar surface area (TPSA) is 78.5 Å². The van der Waals surface area contributed by atoms with Gasteiger partial charge in [0.05, 0.1) is 10.6 Å². The number of nitrogens with zero attached hydrogens (tertiary/aromatic N) is 1. The highest BCUT2D eigenvalue weighted by molar-refractivity contribution is 7.92. The molecule has 0 spiro atoms. The summed E-state index contributed by atoms with van der Waals surface area (Å²) >= 11 is 0. The zero-order valence-corrected chi connectivity index (χ0v) is 16.0. The molecule has 3 rings (SSSR count). The predicted molar refractivity (Wildman–Crippen MR) is 102 cm³/mol. The van der Waals surface area contributed by atoms with E-state index in [1.54, 1.807) is 11.0 Å². The minimum absolute atomic E-state index is 0.0111. The van der Waals surface area contributed by atoms with Gasteiger partial charge in [-0.2, -0.15) is 0 Å². The zero-order chi connectivity index (χ0) is 19.6. The van der Waals surface area contributed by atoms with E-state index in [0.29, 0.717) is 13.1 Å². The second kappa shape index (κ2) is 7.66. The van der Waals surface area contributed by atoms with Gasteiger partial charge in [-0.05, 0) is 44.2 Å². The van der Waals surface area contributed by atoms with Gasteiger partial charge in [-0.3, -0.25) is 9.52 Å². The summed E-state index contributed by atoms with van der Waals surface area (Å²) in [4.78, 5) is 14.5. The van der Waals surface area contributed by atoms with Crippen LogP contribution in [0.2, 0.25) is 0 Å². The molecule has 1 amide bonds. The van der Waals surface area contributed by atoms with Crippen molar-refractivity contribution >= 4 is 21.6 Å². The van der Waals surface area contributed by atoms with Crippen molar-refractivity contribution in [1.82, 2.24) is 10.2 Å². The molecule has 2 N–H and O–H groups in total. The molecule has 0 bridgehead atoms. The molecule has 8 heteroatoms. The first-order chi connectivity index (χ1) is 12.8. The van der Waals surface area contributed by atoms with Crippen LogP contribution in [0.15, 0.2) is 53.4 Å². The molecule has 2 unspecified atom stereocenters.